The van der Waals surface area contributed by atoms with E-state index < -0.39 is 0 Å². The second-order valence-corrected chi connectivity index (χ2v) is 5.39. The Morgan fingerprint density at radius 2 is 2.11 bits per heavy atom. The molecule has 1 N–H and O–H groups in total. The van der Waals surface area contributed by atoms with Crippen molar-refractivity contribution in [2.24, 2.45) is 0 Å². The largest absolute Gasteiger partial charge is 0.496 e. The molecule has 0 radical (unpaired) electrons. The van der Waals surface area contributed by atoms with Gasteiger partial charge in [0.05, 0.1) is 13.7 Å². The van der Waals surface area contributed by atoms with E-state index in [0.717, 1.165) is 28.2 Å². The fraction of sp³-hybridized carbons (Fsp3) is 0.500. The van der Waals surface area contributed by atoms with Gasteiger partial charge in [-0.05, 0) is 24.6 Å². The predicted molar refractivity (Wildman–Crippen MR) is 74.7 cm³/mol. The maximum absolute atomic E-state index is 10.3. The molecule has 0 amide bonds. The van der Waals surface area contributed by atoms with Crippen molar-refractivity contribution in [1.29, 1.82) is 0 Å². The number of nitrogens with one attached hydrogen (secondary N) is 1. The maximum atomic E-state index is 10.3. The van der Waals surface area contributed by atoms with Crippen LogP contribution in [-0.4, -0.2) is 26.5 Å². The topological polar surface area (TPSA) is 38.3 Å². The molecule has 1 aromatic carbocycles. The standard InChI is InChI=1S/C14H20ClNO2/c1-10-7-13(18-4)11(8-12(10)15)14(2,3)9-16-5-6-17/h6-8,16H,5,9H2,1-4H3. The Kier molecular flexibility index (Phi) is 5.17. The molecular weight excluding hydrogens is 250 g/mol. The Morgan fingerprint density at radius 1 is 1.44 bits per heavy atom. The summed E-state index contributed by atoms with van der Waals surface area (Å²) in [4.78, 5) is 10.3. The van der Waals surface area contributed by atoms with Crippen LogP contribution in [0.1, 0.15) is 25.0 Å². The molecule has 0 unspecified atom stereocenters. The summed E-state index contributed by atoms with van der Waals surface area (Å²) in [5, 5.41) is 3.82. The zero-order chi connectivity index (χ0) is 13.8. The van der Waals surface area contributed by atoms with Crippen molar-refractivity contribution in [1.82, 2.24) is 5.32 Å². The molecule has 0 bridgehead atoms. The van der Waals surface area contributed by atoms with E-state index in [1.54, 1.807) is 7.11 Å². The Labute approximate surface area is 113 Å². The van der Waals surface area contributed by atoms with Gasteiger partial charge in [-0.3, -0.25) is 0 Å². The number of hydrogen-bond acceptors (Lipinski definition) is 3. The van der Waals surface area contributed by atoms with Crippen molar-refractivity contribution in [3.8, 4) is 5.75 Å². The molecule has 0 aliphatic heterocycles. The summed E-state index contributed by atoms with van der Waals surface area (Å²) in [6, 6.07) is 3.89. The Morgan fingerprint density at radius 3 is 2.67 bits per heavy atom. The summed E-state index contributed by atoms with van der Waals surface area (Å²) in [5.41, 5.74) is 1.87. The molecule has 0 aliphatic carbocycles. The molecule has 0 aromatic heterocycles. The summed E-state index contributed by atoms with van der Waals surface area (Å²) in [5.74, 6) is 0.829. The van der Waals surface area contributed by atoms with Crippen LogP contribution >= 0.6 is 11.6 Å². The van der Waals surface area contributed by atoms with Gasteiger partial charge in [-0.15, -0.1) is 0 Å². The highest BCUT2D eigenvalue weighted by molar-refractivity contribution is 6.31. The lowest BCUT2D eigenvalue weighted by molar-refractivity contribution is -0.107. The number of halogens is 1. The molecule has 1 aromatic rings. The third kappa shape index (κ3) is 3.47. The van der Waals surface area contributed by atoms with Crippen molar-refractivity contribution in [2.45, 2.75) is 26.2 Å². The van der Waals surface area contributed by atoms with Gasteiger partial charge in [0.1, 0.15) is 12.0 Å². The number of carbonyl (C=O) groups is 1. The first-order chi connectivity index (χ1) is 8.42. The van der Waals surface area contributed by atoms with Gasteiger partial charge in [-0.25, -0.2) is 0 Å². The van der Waals surface area contributed by atoms with Crippen LogP contribution in [0.5, 0.6) is 5.75 Å². The average molecular weight is 270 g/mol. The number of methoxy groups -OCH3 is 1. The molecule has 0 saturated heterocycles. The second kappa shape index (κ2) is 6.21. The van der Waals surface area contributed by atoms with E-state index in [1.807, 2.05) is 19.1 Å². The third-order valence-electron chi connectivity index (χ3n) is 3.00. The quantitative estimate of drug-likeness (QED) is 0.637. The number of aldehydes is 1. The first-order valence-electron chi connectivity index (χ1n) is 5.91. The number of ether oxygens (including phenoxy) is 1. The van der Waals surface area contributed by atoms with Gasteiger partial charge in [0.15, 0.2) is 0 Å². The number of hydrogen-bond donors (Lipinski definition) is 1. The normalized spacial score (nSPS) is 11.4. The molecule has 0 saturated carbocycles. The molecule has 0 aliphatic rings. The number of rotatable bonds is 6. The lowest BCUT2D eigenvalue weighted by Gasteiger charge is -2.28. The average Bonchev–Trinajstić information content (AvgIpc) is 2.32. The van der Waals surface area contributed by atoms with Crippen LogP contribution in [0, 0.1) is 6.92 Å². The zero-order valence-corrected chi connectivity index (χ0v) is 12.1. The van der Waals surface area contributed by atoms with Crippen LogP contribution in [0.4, 0.5) is 0 Å². The summed E-state index contributed by atoms with van der Waals surface area (Å²) >= 11 is 6.18. The van der Waals surface area contributed by atoms with Crippen LogP contribution in [0.2, 0.25) is 5.02 Å². The highest BCUT2D eigenvalue weighted by atomic mass is 35.5. The van der Waals surface area contributed by atoms with Gasteiger partial charge >= 0.3 is 0 Å². The summed E-state index contributed by atoms with van der Waals surface area (Å²) in [6.45, 7) is 7.17. The molecule has 0 fully saturated rings. The Hall–Kier alpha value is -1.06. The van der Waals surface area contributed by atoms with Crippen LogP contribution in [-0.2, 0) is 10.2 Å². The van der Waals surface area contributed by atoms with Crippen LogP contribution in [0.3, 0.4) is 0 Å². The SMILES string of the molecule is COc1cc(C)c(Cl)cc1C(C)(C)CNCC=O. The van der Waals surface area contributed by atoms with Gasteiger partial charge < -0.3 is 14.8 Å². The van der Waals surface area contributed by atoms with Crippen molar-refractivity contribution in [2.75, 3.05) is 20.2 Å². The fourth-order valence-electron chi connectivity index (χ4n) is 1.89. The van der Waals surface area contributed by atoms with E-state index in [9.17, 15) is 4.79 Å². The molecule has 0 atom stereocenters. The Balaban J connectivity index is 3.05. The van der Waals surface area contributed by atoms with Crippen LogP contribution in [0.15, 0.2) is 12.1 Å². The number of benzene rings is 1. The van der Waals surface area contributed by atoms with Gasteiger partial charge in [0.25, 0.3) is 0 Å². The van der Waals surface area contributed by atoms with Crippen LogP contribution in [0.25, 0.3) is 0 Å². The minimum atomic E-state index is -0.161. The van der Waals surface area contributed by atoms with E-state index in [4.69, 9.17) is 16.3 Å². The van der Waals surface area contributed by atoms with Crippen molar-refractivity contribution < 1.29 is 9.53 Å². The minimum absolute atomic E-state index is 0.161. The summed E-state index contributed by atoms with van der Waals surface area (Å²) < 4.78 is 5.42. The molecule has 100 valence electrons. The fourth-order valence-corrected chi connectivity index (χ4v) is 2.06. The van der Waals surface area contributed by atoms with Crippen molar-refractivity contribution >= 4 is 17.9 Å². The molecule has 0 spiro atoms. The molecule has 1 rings (SSSR count). The van der Waals surface area contributed by atoms with E-state index >= 15 is 0 Å². The molecule has 4 heteroatoms. The van der Waals surface area contributed by atoms with Gasteiger partial charge in [0.2, 0.25) is 0 Å². The van der Waals surface area contributed by atoms with Gasteiger partial charge in [0, 0.05) is 22.5 Å². The molecular formula is C14H20ClNO2. The van der Waals surface area contributed by atoms with E-state index in [1.165, 1.54) is 0 Å². The highest BCUT2D eigenvalue weighted by Crippen LogP contribution is 2.35. The Bertz CT molecular complexity index is 430. The van der Waals surface area contributed by atoms with E-state index in [2.05, 4.69) is 19.2 Å². The first kappa shape index (κ1) is 15.0. The minimum Gasteiger partial charge on any atom is -0.496 e. The third-order valence-corrected chi connectivity index (χ3v) is 3.41. The number of carbonyl (C=O) groups excluding carboxylic acids is 1. The van der Waals surface area contributed by atoms with Crippen molar-refractivity contribution in [3.63, 3.8) is 0 Å². The molecule has 3 nitrogen and oxygen atoms in total. The van der Waals surface area contributed by atoms with Gasteiger partial charge in [-0.2, -0.15) is 0 Å². The maximum Gasteiger partial charge on any atom is 0.133 e. The van der Waals surface area contributed by atoms with Gasteiger partial charge in [-0.1, -0.05) is 25.4 Å². The monoisotopic (exact) mass is 269 g/mol. The lowest BCUT2D eigenvalue weighted by atomic mass is 9.83. The predicted octanol–water partition coefficient (Wildman–Crippen LogP) is 2.72. The zero-order valence-electron chi connectivity index (χ0n) is 11.3. The molecule has 0 heterocycles. The second-order valence-electron chi connectivity index (χ2n) is 4.98. The number of aryl methyl sites for hydroxylation is 1. The molecule has 18 heavy (non-hydrogen) atoms. The smallest absolute Gasteiger partial charge is 0.133 e. The first-order valence-corrected chi connectivity index (χ1v) is 6.29. The van der Waals surface area contributed by atoms with E-state index in [0.29, 0.717) is 13.1 Å². The van der Waals surface area contributed by atoms with E-state index in [-0.39, 0.29) is 5.41 Å². The van der Waals surface area contributed by atoms with Crippen LogP contribution < -0.4 is 10.1 Å². The summed E-state index contributed by atoms with van der Waals surface area (Å²) in [7, 11) is 1.65. The summed E-state index contributed by atoms with van der Waals surface area (Å²) in [6.07, 6.45) is 0.857. The highest BCUT2D eigenvalue weighted by Gasteiger charge is 2.25. The lowest BCUT2D eigenvalue weighted by Crippen LogP contribution is -2.34. The van der Waals surface area contributed by atoms with Crippen molar-refractivity contribution in [3.05, 3.63) is 28.3 Å².